The van der Waals surface area contributed by atoms with Crippen molar-refractivity contribution in [3.8, 4) is 0 Å². The van der Waals surface area contributed by atoms with Crippen LogP contribution in [0.2, 0.25) is 0 Å². The van der Waals surface area contributed by atoms with Crippen molar-refractivity contribution in [3.63, 3.8) is 0 Å². The molecule has 0 spiro atoms. The Labute approximate surface area is 143 Å². The minimum absolute atomic E-state index is 0.0949. The van der Waals surface area contributed by atoms with E-state index in [4.69, 9.17) is 9.47 Å². The molecule has 1 aliphatic rings. The third-order valence-corrected chi connectivity index (χ3v) is 3.78. The number of fused-ring (bicyclic) bond motifs is 1. The van der Waals surface area contributed by atoms with Crippen LogP contribution in [-0.4, -0.2) is 35.8 Å². The quantitative estimate of drug-likeness (QED) is 0.792. The van der Waals surface area contributed by atoms with Crippen LogP contribution < -0.4 is 4.90 Å². The van der Waals surface area contributed by atoms with Gasteiger partial charge in [0.2, 0.25) is 0 Å². The van der Waals surface area contributed by atoms with E-state index in [2.05, 4.69) is 11.9 Å². The first kappa shape index (κ1) is 18.2. The van der Waals surface area contributed by atoms with Gasteiger partial charge in [0.05, 0.1) is 18.7 Å². The summed E-state index contributed by atoms with van der Waals surface area (Å²) in [4.78, 5) is 30.3. The van der Waals surface area contributed by atoms with Gasteiger partial charge in [0.1, 0.15) is 11.4 Å². The molecule has 1 aromatic rings. The molecule has 24 heavy (non-hydrogen) atoms. The van der Waals surface area contributed by atoms with E-state index in [9.17, 15) is 9.59 Å². The molecule has 1 atom stereocenters. The molecule has 0 aliphatic carbocycles. The summed E-state index contributed by atoms with van der Waals surface area (Å²) in [7, 11) is 0. The first-order valence-electron chi connectivity index (χ1n) is 8.37. The zero-order valence-corrected chi connectivity index (χ0v) is 15.1. The zero-order valence-electron chi connectivity index (χ0n) is 15.1. The Morgan fingerprint density at radius 2 is 2.04 bits per heavy atom. The van der Waals surface area contributed by atoms with Gasteiger partial charge < -0.3 is 9.47 Å². The van der Waals surface area contributed by atoms with Crippen LogP contribution in [0.3, 0.4) is 0 Å². The number of ether oxygens (including phenoxy) is 2. The van der Waals surface area contributed by atoms with Crippen molar-refractivity contribution >= 4 is 17.9 Å². The van der Waals surface area contributed by atoms with Gasteiger partial charge in [-0.1, -0.05) is 13.0 Å². The second kappa shape index (κ2) is 7.20. The molecule has 0 fully saturated rings. The van der Waals surface area contributed by atoms with E-state index in [1.54, 1.807) is 11.8 Å². The van der Waals surface area contributed by atoms with Crippen LogP contribution in [0.25, 0.3) is 0 Å². The lowest BCUT2D eigenvalue weighted by Crippen LogP contribution is -2.41. The van der Waals surface area contributed by atoms with Crippen LogP contribution in [-0.2, 0) is 20.7 Å². The van der Waals surface area contributed by atoms with E-state index in [0.29, 0.717) is 30.6 Å². The first-order chi connectivity index (χ1) is 11.2. The molecular formula is C18H26N2O4. The van der Waals surface area contributed by atoms with E-state index in [1.807, 2.05) is 32.9 Å². The summed E-state index contributed by atoms with van der Waals surface area (Å²) in [5.74, 6) is 0.574. The van der Waals surface area contributed by atoms with Gasteiger partial charge >= 0.3 is 12.1 Å². The number of pyridine rings is 1. The van der Waals surface area contributed by atoms with Gasteiger partial charge in [-0.25, -0.2) is 9.78 Å². The highest BCUT2D eigenvalue weighted by Gasteiger charge is 2.31. The van der Waals surface area contributed by atoms with Gasteiger partial charge in [0.25, 0.3) is 0 Å². The van der Waals surface area contributed by atoms with Crippen LogP contribution in [0.1, 0.15) is 58.2 Å². The van der Waals surface area contributed by atoms with Gasteiger partial charge in [-0.15, -0.1) is 0 Å². The fourth-order valence-corrected chi connectivity index (χ4v) is 2.64. The number of hydrogen-bond acceptors (Lipinski definition) is 5. The molecule has 0 bridgehead atoms. The predicted octanol–water partition coefficient (Wildman–Crippen LogP) is 3.44. The monoisotopic (exact) mass is 334 g/mol. The van der Waals surface area contributed by atoms with Crippen LogP contribution in [0.5, 0.6) is 0 Å². The maximum Gasteiger partial charge on any atom is 0.416 e. The van der Waals surface area contributed by atoms with Gasteiger partial charge in [-0.3, -0.25) is 9.69 Å². The van der Waals surface area contributed by atoms with Crippen molar-refractivity contribution in [2.45, 2.75) is 59.0 Å². The van der Waals surface area contributed by atoms with E-state index >= 15 is 0 Å². The maximum atomic E-state index is 12.5. The second-order valence-corrected chi connectivity index (χ2v) is 7.02. The number of rotatable bonds is 3. The molecule has 6 heteroatoms. The average molecular weight is 334 g/mol. The summed E-state index contributed by atoms with van der Waals surface area (Å²) < 4.78 is 10.5. The standard InChI is InChI=1S/C18H26N2O4/c1-6-23-15(21)11-13-7-8-14-12(2)9-10-20(16(14)19-13)17(22)24-18(3,4)5/h7-8,12H,6,9-11H2,1-5H3. The molecule has 0 saturated carbocycles. The Morgan fingerprint density at radius 1 is 1.33 bits per heavy atom. The Hall–Kier alpha value is -2.11. The highest BCUT2D eigenvalue weighted by Crippen LogP contribution is 2.34. The van der Waals surface area contributed by atoms with E-state index in [1.165, 1.54) is 0 Å². The lowest BCUT2D eigenvalue weighted by Gasteiger charge is -2.33. The number of carbonyl (C=O) groups is 2. The third-order valence-electron chi connectivity index (χ3n) is 3.78. The number of hydrogen-bond donors (Lipinski definition) is 0. The molecule has 1 amide bonds. The number of amides is 1. The smallest absolute Gasteiger partial charge is 0.416 e. The third kappa shape index (κ3) is 4.46. The highest BCUT2D eigenvalue weighted by molar-refractivity contribution is 5.88. The number of anilines is 1. The Balaban J connectivity index is 2.28. The van der Waals surface area contributed by atoms with Gasteiger partial charge in [0, 0.05) is 6.54 Å². The van der Waals surface area contributed by atoms with Crippen molar-refractivity contribution in [2.75, 3.05) is 18.1 Å². The SMILES string of the molecule is CCOC(=O)Cc1ccc2c(n1)N(C(=O)OC(C)(C)C)CCC2C. The molecule has 1 aliphatic heterocycles. The Kier molecular flexibility index (Phi) is 5.47. The molecule has 2 heterocycles. The molecule has 1 unspecified atom stereocenters. The maximum absolute atomic E-state index is 12.5. The summed E-state index contributed by atoms with van der Waals surface area (Å²) in [5, 5.41) is 0. The van der Waals surface area contributed by atoms with Crippen molar-refractivity contribution in [1.29, 1.82) is 0 Å². The van der Waals surface area contributed by atoms with Crippen molar-refractivity contribution < 1.29 is 19.1 Å². The van der Waals surface area contributed by atoms with Crippen LogP contribution in [0.15, 0.2) is 12.1 Å². The Bertz CT molecular complexity index is 622. The second-order valence-electron chi connectivity index (χ2n) is 7.02. The minimum atomic E-state index is -0.567. The number of aromatic nitrogens is 1. The van der Waals surface area contributed by atoms with E-state index < -0.39 is 11.7 Å². The van der Waals surface area contributed by atoms with Crippen molar-refractivity contribution in [1.82, 2.24) is 4.98 Å². The molecular weight excluding hydrogens is 308 g/mol. The summed E-state index contributed by atoms with van der Waals surface area (Å²) >= 11 is 0. The molecule has 132 valence electrons. The number of esters is 1. The van der Waals surface area contributed by atoms with Gasteiger partial charge in [0.15, 0.2) is 0 Å². The van der Waals surface area contributed by atoms with Crippen LogP contribution in [0.4, 0.5) is 10.6 Å². The average Bonchev–Trinajstić information content (AvgIpc) is 2.45. The lowest BCUT2D eigenvalue weighted by molar-refractivity contribution is -0.142. The fourth-order valence-electron chi connectivity index (χ4n) is 2.64. The molecule has 1 aromatic heterocycles. The fraction of sp³-hybridized carbons (Fsp3) is 0.611. The summed E-state index contributed by atoms with van der Waals surface area (Å²) in [6, 6.07) is 3.77. The molecule has 0 aromatic carbocycles. The topological polar surface area (TPSA) is 68.7 Å². The van der Waals surface area contributed by atoms with Crippen molar-refractivity contribution in [2.24, 2.45) is 0 Å². The van der Waals surface area contributed by atoms with Crippen molar-refractivity contribution in [3.05, 3.63) is 23.4 Å². The van der Waals surface area contributed by atoms with Crippen LogP contribution >= 0.6 is 0 Å². The molecule has 0 saturated heterocycles. The zero-order chi connectivity index (χ0) is 17.9. The molecule has 0 radical (unpaired) electrons. The first-order valence-corrected chi connectivity index (χ1v) is 8.37. The lowest BCUT2D eigenvalue weighted by atomic mass is 9.94. The largest absolute Gasteiger partial charge is 0.466 e. The van der Waals surface area contributed by atoms with Crippen LogP contribution in [0, 0.1) is 0 Å². The van der Waals surface area contributed by atoms with Gasteiger partial charge in [-0.05, 0) is 51.7 Å². The van der Waals surface area contributed by atoms with E-state index in [-0.39, 0.29) is 12.4 Å². The summed E-state index contributed by atoms with van der Waals surface area (Å²) in [5.41, 5.74) is 1.03. The van der Waals surface area contributed by atoms with Gasteiger partial charge in [-0.2, -0.15) is 0 Å². The number of nitrogens with zero attached hydrogens (tertiary/aromatic N) is 2. The van der Waals surface area contributed by atoms with E-state index in [0.717, 1.165) is 12.0 Å². The summed E-state index contributed by atoms with van der Waals surface area (Å²) in [6.07, 6.45) is 0.541. The highest BCUT2D eigenvalue weighted by atomic mass is 16.6. The Morgan fingerprint density at radius 3 is 2.67 bits per heavy atom. The molecule has 2 rings (SSSR count). The minimum Gasteiger partial charge on any atom is -0.466 e. The molecule has 0 N–H and O–H groups in total. The molecule has 6 nitrogen and oxygen atoms in total. The number of carbonyl (C=O) groups excluding carboxylic acids is 2. The summed E-state index contributed by atoms with van der Waals surface area (Å²) in [6.45, 7) is 10.3. The normalized spacial score (nSPS) is 17.2. The predicted molar refractivity (Wildman–Crippen MR) is 91.2 cm³/mol.